The van der Waals surface area contributed by atoms with Gasteiger partial charge in [0, 0.05) is 25.9 Å². The molecule has 86 valence electrons. The van der Waals surface area contributed by atoms with E-state index in [1.165, 1.54) is 4.90 Å². The summed E-state index contributed by atoms with van der Waals surface area (Å²) in [6.45, 7) is 5.50. The van der Waals surface area contributed by atoms with Crippen LogP contribution in [0.4, 0.5) is 4.79 Å². The minimum Gasteiger partial charge on any atom is -0.444 e. The van der Waals surface area contributed by atoms with Crippen molar-refractivity contribution in [2.45, 2.75) is 51.7 Å². The largest absolute Gasteiger partial charge is 0.444 e. The molecule has 1 rings (SSSR count). The van der Waals surface area contributed by atoms with Gasteiger partial charge in [-0.25, -0.2) is 4.79 Å². The van der Waals surface area contributed by atoms with Gasteiger partial charge in [-0.15, -0.1) is 0 Å². The summed E-state index contributed by atoms with van der Waals surface area (Å²) >= 11 is 0. The quantitative estimate of drug-likeness (QED) is 0.669. The summed E-state index contributed by atoms with van der Waals surface area (Å²) in [5.41, 5.74) is -0.478. The second-order valence-corrected chi connectivity index (χ2v) is 5.03. The molecule has 15 heavy (non-hydrogen) atoms. The minimum atomic E-state index is -0.478. The number of hydrogen-bond donors (Lipinski definition) is 0. The zero-order valence-corrected chi connectivity index (χ0v) is 9.87. The predicted octanol–water partition coefficient (Wildman–Crippen LogP) is 1.97. The normalized spacial score (nSPS) is 21.6. The summed E-state index contributed by atoms with van der Waals surface area (Å²) in [5, 5.41) is 0. The summed E-state index contributed by atoms with van der Waals surface area (Å²) in [7, 11) is 1.69. The zero-order chi connectivity index (χ0) is 11.6. The van der Waals surface area contributed by atoms with Gasteiger partial charge in [-0.05, 0) is 27.2 Å². The molecule has 1 saturated carbocycles. The number of hydrogen-bond acceptors (Lipinski definition) is 3. The highest BCUT2D eigenvalue weighted by Gasteiger charge is 2.30. The van der Waals surface area contributed by atoms with Gasteiger partial charge in [0.15, 0.2) is 0 Å². The van der Waals surface area contributed by atoms with Crippen molar-refractivity contribution in [1.82, 2.24) is 4.90 Å². The van der Waals surface area contributed by atoms with E-state index >= 15 is 0 Å². The Morgan fingerprint density at radius 3 is 2.47 bits per heavy atom. The topological polar surface area (TPSA) is 46.6 Å². The predicted molar refractivity (Wildman–Crippen MR) is 56.6 cm³/mol. The summed E-state index contributed by atoms with van der Waals surface area (Å²) in [5.74, 6) is 0.232. The Morgan fingerprint density at radius 2 is 2.07 bits per heavy atom. The average molecular weight is 213 g/mol. The third-order valence-electron chi connectivity index (χ3n) is 2.45. The highest BCUT2D eigenvalue weighted by Crippen LogP contribution is 2.21. The van der Waals surface area contributed by atoms with E-state index in [1.807, 2.05) is 20.8 Å². The van der Waals surface area contributed by atoms with Crippen LogP contribution in [0.5, 0.6) is 0 Å². The third kappa shape index (κ3) is 3.53. The molecule has 0 aromatic heterocycles. The molecule has 0 saturated heterocycles. The second-order valence-electron chi connectivity index (χ2n) is 5.03. The summed E-state index contributed by atoms with van der Waals surface area (Å²) in [6.07, 6.45) is 1.46. The monoisotopic (exact) mass is 213 g/mol. The van der Waals surface area contributed by atoms with Crippen molar-refractivity contribution in [3.8, 4) is 0 Å². The highest BCUT2D eigenvalue weighted by molar-refractivity contribution is 5.82. The summed E-state index contributed by atoms with van der Waals surface area (Å²) in [6, 6.07) is 0.0207. The first-order valence-electron chi connectivity index (χ1n) is 5.27. The van der Waals surface area contributed by atoms with Gasteiger partial charge in [0.2, 0.25) is 0 Å². The molecule has 0 radical (unpaired) electrons. The Labute approximate surface area is 90.6 Å². The van der Waals surface area contributed by atoms with E-state index in [-0.39, 0.29) is 17.9 Å². The van der Waals surface area contributed by atoms with Gasteiger partial charge in [0.05, 0.1) is 0 Å². The molecule has 0 aliphatic heterocycles. The number of ketones is 1. The van der Waals surface area contributed by atoms with Crippen LogP contribution in [0, 0.1) is 0 Å². The molecular formula is C11H19NO3. The molecule has 0 aromatic rings. The van der Waals surface area contributed by atoms with Gasteiger partial charge in [-0.1, -0.05) is 0 Å². The fourth-order valence-electron chi connectivity index (χ4n) is 1.61. The standard InChI is InChI=1S/C11H19NO3/c1-11(2,3)15-10(14)12(4)8-5-6-9(13)7-8/h8H,5-7H2,1-4H3. The highest BCUT2D eigenvalue weighted by atomic mass is 16.6. The van der Waals surface area contributed by atoms with Crippen LogP contribution in [0.2, 0.25) is 0 Å². The van der Waals surface area contributed by atoms with Crippen LogP contribution in [-0.4, -0.2) is 35.5 Å². The smallest absolute Gasteiger partial charge is 0.410 e. The maximum atomic E-state index is 11.6. The average Bonchev–Trinajstić information content (AvgIpc) is 2.47. The molecule has 1 aliphatic rings. The molecule has 1 fully saturated rings. The molecule has 0 N–H and O–H groups in total. The summed E-state index contributed by atoms with van der Waals surface area (Å²) in [4.78, 5) is 24.3. The van der Waals surface area contributed by atoms with Gasteiger partial charge in [0.25, 0.3) is 0 Å². The molecule has 1 aliphatic carbocycles. The molecule has 0 heterocycles. The Bertz CT molecular complexity index is 267. The lowest BCUT2D eigenvalue weighted by Gasteiger charge is -2.28. The van der Waals surface area contributed by atoms with Gasteiger partial charge in [-0.2, -0.15) is 0 Å². The van der Waals surface area contributed by atoms with Crippen LogP contribution in [0.1, 0.15) is 40.0 Å². The van der Waals surface area contributed by atoms with Crippen molar-refractivity contribution in [3.63, 3.8) is 0 Å². The Balaban J connectivity index is 2.50. The number of nitrogens with zero attached hydrogens (tertiary/aromatic N) is 1. The van der Waals surface area contributed by atoms with Crippen molar-refractivity contribution in [3.05, 3.63) is 0 Å². The first-order chi connectivity index (χ1) is 6.79. The number of rotatable bonds is 1. The SMILES string of the molecule is CN(C(=O)OC(C)(C)C)C1CCC(=O)C1. The number of Topliss-reactive ketones (excluding diaryl/α,β-unsaturated/α-hetero) is 1. The van der Waals surface area contributed by atoms with Crippen LogP contribution < -0.4 is 0 Å². The minimum absolute atomic E-state index is 0.0207. The first kappa shape index (κ1) is 12.0. The van der Waals surface area contributed by atoms with E-state index < -0.39 is 5.60 Å². The molecule has 1 amide bonds. The van der Waals surface area contributed by atoms with Gasteiger partial charge >= 0.3 is 6.09 Å². The van der Waals surface area contributed by atoms with Crippen LogP contribution in [0.15, 0.2) is 0 Å². The van der Waals surface area contributed by atoms with Crippen LogP contribution >= 0.6 is 0 Å². The van der Waals surface area contributed by atoms with Gasteiger partial charge < -0.3 is 9.64 Å². The molecule has 4 heteroatoms. The molecular weight excluding hydrogens is 194 g/mol. The lowest BCUT2D eigenvalue weighted by Crippen LogP contribution is -2.39. The van der Waals surface area contributed by atoms with Crippen molar-refractivity contribution < 1.29 is 14.3 Å². The molecule has 4 nitrogen and oxygen atoms in total. The van der Waals surface area contributed by atoms with E-state index in [2.05, 4.69) is 0 Å². The maximum absolute atomic E-state index is 11.6. The lowest BCUT2D eigenvalue weighted by molar-refractivity contribution is -0.117. The van der Waals surface area contributed by atoms with E-state index in [0.717, 1.165) is 6.42 Å². The van der Waals surface area contributed by atoms with Crippen molar-refractivity contribution in [2.75, 3.05) is 7.05 Å². The summed E-state index contributed by atoms with van der Waals surface area (Å²) < 4.78 is 5.22. The van der Waals surface area contributed by atoms with Gasteiger partial charge in [-0.3, -0.25) is 4.79 Å². The molecule has 0 aromatic carbocycles. The molecule has 1 unspecified atom stereocenters. The van der Waals surface area contributed by atoms with Crippen molar-refractivity contribution in [1.29, 1.82) is 0 Å². The van der Waals surface area contributed by atoms with E-state index in [4.69, 9.17) is 4.74 Å². The number of ether oxygens (including phenoxy) is 1. The van der Waals surface area contributed by atoms with E-state index in [0.29, 0.717) is 12.8 Å². The molecule has 0 bridgehead atoms. The van der Waals surface area contributed by atoms with Crippen molar-refractivity contribution >= 4 is 11.9 Å². The zero-order valence-electron chi connectivity index (χ0n) is 9.87. The lowest BCUT2D eigenvalue weighted by atomic mass is 10.2. The fraction of sp³-hybridized carbons (Fsp3) is 0.818. The molecule has 1 atom stereocenters. The van der Waals surface area contributed by atoms with Crippen molar-refractivity contribution in [2.24, 2.45) is 0 Å². The Kier molecular flexibility index (Phi) is 3.37. The van der Waals surface area contributed by atoms with Crippen LogP contribution in [0.25, 0.3) is 0 Å². The second kappa shape index (κ2) is 4.21. The van der Waals surface area contributed by atoms with E-state index in [9.17, 15) is 9.59 Å². The Morgan fingerprint density at radius 1 is 1.47 bits per heavy atom. The van der Waals surface area contributed by atoms with E-state index in [1.54, 1.807) is 7.05 Å². The number of carbonyl (C=O) groups is 2. The first-order valence-corrected chi connectivity index (χ1v) is 5.27. The maximum Gasteiger partial charge on any atom is 0.410 e. The number of carbonyl (C=O) groups excluding carboxylic acids is 2. The fourth-order valence-corrected chi connectivity index (χ4v) is 1.61. The third-order valence-corrected chi connectivity index (χ3v) is 2.45. The van der Waals surface area contributed by atoms with Gasteiger partial charge in [0.1, 0.15) is 11.4 Å². The number of amides is 1. The van der Waals surface area contributed by atoms with Crippen LogP contribution in [0.3, 0.4) is 0 Å². The molecule has 0 spiro atoms. The Hall–Kier alpha value is -1.06. The van der Waals surface area contributed by atoms with Crippen LogP contribution in [-0.2, 0) is 9.53 Å².